The highest BCUT2D eigenvalue weighted by Crippen LogP contribution is 2.19. The van der Waals surface area contributed by atoms with Crippen molar-refractivity contribution in [1.29, 1.82) is 0 Å². The quantitative estimate of drug-likeness (QED) is 0.871. The first-order valence-electron chi connectivity index (χ1n) is 5.71. The van der Waals surface area contributed by atoms with E-state index < -0.39 is 6.10 Å². The fourth-order valence-electron chi connectivity index (χ4n) is 1.65. The van der Waals surface area contributed by atoms with Crippen molar-refractivity contribution in [2.75, 3.05) is 0 Å². The summed E-state index contributed by atoms with van der Waals surface area (Å²) in [7, 11) is 1.82. The third kappa shape index (κ3) is 2.68. The van der Waals surface area contributed by atoms with Gasteiger partial charge in [0.2, 0.25) is 0 Å². The number of rotatable bonds is 4. The van der Waals surface area contributed by atoms with Crippen LogP contribution in [0.5, 0.6) is 0 Å². The van der Waals surface area contributed by atoms with Crippen molar-refractivity contribution in [2.24, 2.45) is 7.05 Å². The first kappa shape index (κ1) is 11.7. The second kappa shape index (κ2) is 5.05. The topological polar surface area (TPSA) is 63.8 Å². The molecule has 0 radical (unpaired) electrons. The van der Waals surface area contributed by atoms with Crippen molar-refractivity contribution < 1.29 is 5.11 Å². The van der Waals surface area contributed by atoms with Crippen molar-refractivity contribution in [3.63, 3.8) is 0 Å². The minimum absolute atomic E-state index is 0.476. The van der Waals surface area contributed by atoms with Crippen LogP contribution in [0.1, 0.15) is 31.6 Å². The standard InChI is InChI=1S/C12H16N4O/c1-3-4-12(17)10-6-5-9(7-13-10)11-8-16(2)15-14-11/h5-8,12,17H,3-4H2,1-2H3. The Labute approximate surface area is 100 Å². The number of aromatic nitrogens is 4. The van der Waals surface area contributed by atoms with E-state index in [9.17, 15) is 5.11 Å². The summed E-state index contributed by atoms with van der Waals surface area (Å²) in [6.45, 7) is 2.04. The Hall–Kier alpha value is -1.75. The molecule has 2 rings (SSSR count). The Morgan fingerprint density at radius 3 is 2.76 bits per heavy atom. The van der Waals surface area contributed by atoms with E-state index in [0.29, 0.717) is 5.69 Å². The molecule has 0 aliphatic rings. The number of aryl methyl sites for hydroxylation is 1. The lowest BCUT2D eigenvalue weighted by Gasteiger charge is -2.08. The summed E-state index contributed by atoms with van der Waals surface area (Å²) in [6.07, 6.45) is 4.75. The molecule has 0 saturated carbocycles. The Morgan fingerprint density at radius 2 is 2.24 bits per heavy atom. The van der Waals surface area contributed by atoms with Gasteiger partial charge in [0.1, 0.15) is 5.69 Å². The molecule has 0 bridgehead atoms. The van der Waals surface area contributed by atoms with Gasteiger partial charge in [-0.3, -0.25) is 9.67 Å². The van der Waals surface area contributed by atoms with E-state index in [1.165, 1.54) is 0 Å². The molecule has 2 aromatic rings. The van der Waals surface area contributed by atoms with Crippen LogP contribution in [0, 0.1) is 0 Å². The van der Waals surface area contributed by atoms with Gasteiger partial charge in [0.05, 0.1) is 18.0 Å². The molecule has 0 aliphatic heterocycles. The lowest BCUT2D eigenvalue weighted by molar-refractivity contribution is 0.162. The number of aliphatic hydroxyl groups is 1. The SMILES string of the molecule is CCCC(O)c1ccc(-c2cn(C)nn2)cn1. The lowest BCUT2D eigenvalue weighted by atomic mass is 10.1. The van der Waals surface area contributed by atoms with Crippen molar-refractivity contribution >= 4 is 0 Å². The monoisotopic (exact) mass is 232 g/mol. The molecule has 2 heterocycles. The maximum absolute atomic E-state index is 9.79. The molecule has 0 saturated heterocycles. The van der Waals surface area contributed by atoms with Crippen LogP contribution in [0.3, 0.4) is 0 Å². The summed E-state index contributed by atoms with van der Waals surface area (Å²) < 4.78 is 1.65. The molecular formula is C12H16N4O. The van der Waals surface area contributed by atoms with Crippen molar-refractivity contribution in [2.45, 2.75) is 25.9 Å². The van der Waals surface area contributed by atoms with Crippen molar-refractivity contribution in [3.05, 3.63) is 30.2 Å². The average Bonchev–Trinajstić information content (AvgIpc) is 2.76. The van der Waals surface area contributed by atoms with Crippen LogP contribution in [-0.4, -0.2) is 25.1 Å². The van der Waals surface area contributed by atoms with Gasteiger partial charge < -0.3 is 5.11 Å². The molecule has 0 fully saturated rings. The zero-order valence-electron chi connectivity index (χ0n) is 10.0. The van der Waals surface area contributed by atoms with E-state index in [1.807, 2.05) is 32.3 Å². The molecule has 0 aromatic carbocycles. The molecule has 5 nitrogen and oxygen atoms in total. The zero-order chi connectivity index (χ0) is 12.3. The van der Waals surface area contributed by atoms with Gasteiger partial charge in [-0.2, -0.15) is 0 Å². The van der Waals surface area contributed by atoms with Crippen LogP contribution in [0.4, 0.5) is 0 Å². The number of pyridine rings is 1. The maximum Gasteiger partial charge on any atom is 0.114 e. The predicted octanol–water partition coefficient (Wildman–Crippen LogP) is 1.71. The molecule has 0 aliphatic carbocycles. The third-order valence-corrected chi connectivity index (χ3v) is 2.59. The molecule has 0 spiro atoms. The zero-order valence-corrected chi connectivity index (χ0v) is 10.0. The highest BCUT2D eigenvalue weighted by molar-refractivity contribution is 5.56. The Balaban J connectivity index is 2.18. The third-order valence-electron chi connectivity index (χ3n) is 2.59. The van der Waals surface area contributed by atoms with Crippen LogP contribution in [0.2, 0.25) is 0 Å². The summed E-state index contributed by atoms with van der Waals surface area (Å²) in [6, 6.07) is 3.75. The van der Waals surface area contributed by atoms with Gasteiger partial charge in [-0.1, -0.05) is 18.6 Å². The van der Waals surface area contributed by atoms with Gasteiger partial charge >= 0.3 is 0 Å². The molecular weight excluding hydrogens is 216 g/mol. The maximum atomic E-state index is 9.79. The van der Waals surface area contributed by atoms with Crippen LogP contribution in [0.25, 0.3) is 11.3 Å². The van der Waals surface area contributed by atoms with E-state index >= 15 is 0 Å². The highest BCUT2D eigenvalue weighted by Gasteiger charge is 2.09. The fraction of sp³-hybridized carbons (Fsp3) is 0.417. The summed E-state index contributed by atoms with van der Waals surface area (Å²) in [4.78, 5) is 4.26. The first-order chi connectivity index (χ1) is 8.20. The Kier molecular flexibility index (Phi) is 3.49. The molecule has 90 valence electrons. The number of hydrogen-bond donors (Lipinski definition) is 1. The predicted molar refractivity (Wildman–Crippen MR) is 64.1 cm³/mol. The number of aliphatic hydroxyl groups excluding tert-OH is 1. The molecule has 17 heavy (non-hydrogen) atoms. The molecule has 1 unspecified atom stereocenters. The van der Waals surface area contributed by atoms with Crippen LogP contribution < -0.4 is 0 Å². The number of nitrogens with zero attached hydrogens (tertiary/aromatic N) is 4. The second-order valence-electron chi connectivity index (χ2n) is 4.05. The minimum atomic E-state index is -0.476. The molecule has 1 N–H and O–H groups in total. The van der Waals surface area contributed by atoms with E-state index in [0.717, 1.165) is 24.1 Å². The largest absolute Gasteiger partial charge is 0.387 e. The van der Waals surface area contributed by atoms with Crippen molar-refractivity contribution in [3.8, 4) is 11.3 Å². The highest BCUT2D eigenvalue weighted by atomic mass is 16.3. The number of hydrogen-bond acceptors (Lipinski definition) is 4. The van der Waals surface area contributed by atoms with E-state index in [1.54, 1.807) is 10.9 Å². The second-order valence-corrected chi connectivity index (χ2v) is 4.05. The van der Waals surface area contributed by atoms with Gasteiger partial charge in [0.25, 0.3) is 0 Å². The summed E-state index contributed by atoms with van der Waals surface area (Å²) in [5.74, 6) is 0. The fourth-order valence-corrected chi connectivity index (χ4v) is 1.65. The minimum Gasteiger partial charge on any atom is -0.387 e. The smallest absolute Gasteiger partial charge is 0.114 e. The van der Waals surface area contributed by atoms with E-state index in [-0.39, 0.29) is 0 Å². The summed E-state index contributed by atoms with van der Waals surface area (Å²) in [5, 5.41) is 17.7. The van der Waals surface area contributed by atoms with Gasteiger partial charge in [-0.25, -0.2) is 0 Å². The Bertz CT molecular complexity index is 478. The molecule has 1 atom stereocenters. The Morgan fingerprint density at radius 1 is 1.41 bits per heavy atom. The van der Waals surface area contributed by atoms with Gasteiger partial charge in [-0.05, 0) is 18.6 Å². The molecule has 0 amide bonds. The van der Waals surface area contributed by atoms with Crippen molar-refractivity contribution in [1.82, 2.24) is 20.0 Å². The van der Waals surface area contributed by atoms with Gasteiger partial charge in [0, 0.05) is 18.8 Å². The van der Waals surface area contributed by atoms with E-state index in [2.05, 4.69) is 15.3 Å². The summed E-state index contributed by atoms with van der Waals surface area (Å²) >= 11 is 0. The summed E-state index contributed by atoms with van der Waals surface area (Å²) in [5.41, 5.74) is 2.40. The average molecular weight is 232 g/mol. The normalized spacial score (nSPS) is 12.6. The van der Waals surface area contributed by atoms with Crippen LogP contribution in [0.15, 0.2) is 24.5 Å². The van der Waals surface area contributed by atoms with E-state index in [4.69, 9.17) is 0 Å². The lowest BCUT2D eigenvalue weighted by Crippen LogP contribution is -1.99. The van der Waals surface area contributed by atoms with Gasteiger partial charge in [-0.15, -0.1) is 5.10 Å². The van der Waals surface area contributed by atoms with Crippen LogP contribution in [-0.2, 0) is 7.05 Å². The molecule has 5 heteroatoms. The molecule has 2 aromatic heterocycles. The van der Waals surface area contributed by atoms with Crippen LogP contribution >= 0.6 is 0 Å². The van der Waals surface area contributed by atoms with Gasteiger partial charge in [0.15, 0.2) is 0 Å². The first-order valence-corrected chi connectivity index (χ1v) is 5.71.